The number of benzene rings is 1. The Morgan fingerprint density at radius 3 is 2.52 bits per heavy atom. The van der Waals surface area contributed by atoms with Gasteiger partial charge in [0.1, 0.15) is 0 Å². The lowest BCUT2D eigenvalue weighted by molar-refractivity contribution is -0.384. The summed E-state index contributed by atoms with van der Waals surface area (Å²) in [6.07, 6.45) is 3.99. The summed E-state index contributed by atoms with van der Waals surface area (Å²) in [5, 5.41) is 23.2. The number of carbonyl (C=O) groups is 1. The van der Waals surface area contributed by atoms with Crippen LogP contribution in [-0.2, 0) is 0 Å². The van der Waals surface area contributed by atoms with Gasteiger partial charge >= 0.3 is 5.97 Å². The fourth-order valence-corrected chi connectivity index (χ4v) is 2.72. The average molecular weight is 292 g/mol. The molecule has 2 N–H and O–H groups in total. The zero-order chi connectivity index (χ0) is 15.6. The molecule has 0 bridgehead atoms. The predicted molar refractivity (Wildman–Crippen MR) is 79.7 cm³/mol. The molecule has 21 heavy (non-hydrogen) atoms. The number of anilines is 1. The second-order valence-electron chi connectivity index (χ2n) is 6.37. The molecule has 1 fully saturated rings. The third-order valence-electron chi connectivity index (χ3n) is 4.14. The minimum Gasteiger partial charge on any atom is -0.478 e. The van der Waals surface area contributed by atoms with Crippen molar-refractivity contribution < 1.29 is 14.8 Å². The van der Waals surface area contributed by atoms with Crippen LogP contribution in [0.3, 0.4) is 0 Å². The van der Waals surface area contributed by atoms with Crippen LogP contribution in [-0.4, -0.2) is 22.0 Å². The number of non-ortho nitro benzene ring substituents is 1. The summed E-state index contributed by atoms with van der Waals surface area (Å²) in [5.74, 6) is -1.08. The molecule has 1 aromatic carbocycles. The first-order valence-corrected chi connectivity index (χ1v) is 7.07. The van der Waals surface area contributed by atoms with Crippen molar-refractivity contribution in [2.75, 3.05) is 5.32 Å². The Morgan fingerprint density at radius 2 is 2.00 bits per heavy atom. The zero-order valence-electron chi connectivity index (χ0n) is 12.3. The molecule has 1 aliphatic rings. The van der Waals surface area contributed by atoms with E-state index in [1.54, 1.807) is 0 Å². The first-order valence-electron chi connectivity index (χ1n) is 7.07. The van der Waals surface area contributed by atoms with E-state index in [-0.39, 0.29) is 17.3 Å². The van der Waals surface area contributed by atoms with Crippen molar-refractivity contribution >= 4 is 17.3 Å². The van der Waals surface area contributed by atoms with Crippen LogP contribution in [0.15, 0.2) is 18.2 Å². The molecule has 1 saturated carbocycles. The van der Waals surface area contributed by atoms with Crippen LogP contribution < -0.4 is 5.32 Å². The monoisotopic (exact) mass is 292 g/mol. The van der Waals surface area contributed by atoms with Crippen molar-refractivity contribution in [3.05, 3.63) is 33.9 Å². The molecule has 114 valence electrons. The van der Waals surface area contributed by atoms with E-state index in [4.69, 9.17) is 0 Å². The largest absolute Gasteiger partial charge is 0.478 e. The zero-order valence-corrected chi connectivity index (χ0v) is 12.3. The number of nitro benzene ring substituents is 1. The molecule has 0 radical (unpaired) electrons. The summed E-state index contributed by atoms with van der Waals surface area (Å²) in [4.78, 5) is 21.6. The number of hydrogen-bond donors (Lipinski definition) is 2. The third kappa shape index (κ3) is 3.71. The van der Waals surface area contributed by atoms with Crippen LogP contribution in [0.5, 0.6) is 0 Å². The molecule has 6 nitrogen and oxygen atoms in total. The van der Waals surface area contributed by atoms with Crippen LogP contribution in [0.2, 0.25) is 0 Å². The fraction of sp³-hybridized carbons (Fsp3) is 0.533. The predicted octanol–water partition coefficient (Wildman–Crippen LogP) is 3.67. The molecule has 0 atom stereocenters. The van der Waals surface area contributed by atoms with Gasteiger partial charge in [-0.2, -0.15) is 0 Å². The fourth-order valence-electron chi connectivity index (χ4n) is 2.72. The molecule has 0 unspecified atom stereocenters. The van der Waals surface area contributed by atoms with Gasteiger partial charge < -0.3 is 10.4 Å². The molecular weight excluding hydrogens is 272 g/mol. The number of rotatable bonds is 4. The van der Waals surface area contributed by atoms with Gasteiger partial charge in [0.05, 0.1) is 16.2 Å². The van der Waals surface area contributed by atoms with E-state index in [1.807, 2.05) is 0 Å². The van der Waals surface area contributed by atoms with E-state index in [2.05, 4.69) is 19.2 Å². The highest BCUT2D eigenvalue weighted by atomic mass is 16.6. The summed E-state index contributed by atoms with van der Waals surface area (Å²) in [5.41, 5.74) is 0.627. The smallest absolute Gasteiger partial charge is 0.337 e. The third-order valence-corrected chi connectivity index (χ3v) is 4.14. The van der Waals surface area contributed by atoms with E-state index < -0.39 is 10.9 Å². The summed E-state index contributed by atoms with van der Waals surface area (Å²) in [6.45, 7) is 4.44. The van der Waals surface area contributed by atoms with Gasteiger partial charge in [-0.1, -0.05) is 13.8 Å². The number of aromatic carboxylic acids is 1. The van der Waals surface area contributed by atoms with Crippen LogP contribution in [0.25, 0.3) is 0 Å². The molecule has 1 aromatic rings. The lowest BCUT2D eigenvalue weighted by Gasteiger charge is -2.35. The number of carboxylic acid groups (broad SMARTS) is 1. The lowest BCUT2D eigenvalue weighted by Crippen LogP contribution is -2.30. The number of carboxylic acids is 1. The molecule has 0 aromatic heterocycles. The van der Waals surface area contributed by atoms with Gasteiger partial charge in [-0.05, 0) is 37.2 Å². The van der Waals surface area contributed by atoms with Crippen LogP contribution in [0.4, 0.5) is 11.4 Å². The van der Waals surface area contributed by atoms with Crippen molar-refractivity contribution in [3.63, 3.8) is 0 Å². The maximum Gasteiger partial charge on any atom is 0.337 e. The molecule has 0 heterocycles. The summed E-state index contributed by atoms with van der Waals surface area (Å²) >= 11 is 0. The second-order valence-corrected chi connectivity index (χ2v) is 6.37. The summed E-state index contributed by atoms with van der Waals surface area (Å²) in [7, 11) is 0. The Balaban J connectivity index is 2.19. The standard InChI is InChI=1S/C15H20N2O4/c1-15(2)7-5-10(6-8-15)16-13-9-11(17(20)21)3-4-12(13)14(18)19/h3-4,9-10,16H,5-8H2,1-2H3,(H,18,19). The first kappa shape index (κ1) is 15.3. The number of nitro groups is 1. The Labute approximate surface area is 123 Å². The normalized spacial score (nSPS) is 18.2. The van der Waals surface area contributed by atoms with E-state index >= 15 is 0 Å². The van der Waals surface area contributed by atoms with E-state index in [0.717, 1.165) is 25.7 Å². The van der Waals surface area contributed by atoms with Crippen molar-refractivity contribution in [1.29, 1.82) is 0 Å². The minimum atomic E-state index is -1.08. The topological polar surface area (TPSA) is 92.5 Å². The average Bonchev–Trinajstić information content (AvgIpc) is 2.40. The Morgan fingerprint density at radius 1 is 1.38 bits per heavy atom. The Kier molecular flexibility index (Phi) is 4.16. The second kappa shape index (κ2) is 5.71. The van der Waals surface area contributed by atoms with Crippen LogP contribution >= 0.6 is 0 Å². The quantitative estimate of drug-likeness (QED) is 0.652. The molecule has 0 aliphatic heterocycles. The summed E-state index contributed by atoms with van der Waals surface area (Å²) < 4.78 is 0. The van der Waals surface area contributed by atoms with Crippen molar-refractivity contribution in [1.82, 2.24) is 0 Å². The summed E-state index contributed by atoms with van der Waals surface area (Å²) in [6, 6.07) is 3.98. The van der Waals surface area contributed by atoms with Crippen LogP contribution in [0, 0.1) is 15.5 Å². The van der Waals surface area contributed by atoms with Crippen molar-refractivity contribution in [3.8, 4) is 0 Å². The minimum absolute atomic E-state index is 0.0745. The lowest BCUT2D eigenvalue weighted by atomic mass is 9.75. The van der Waals surface area contributed by atoms with Gasteiger partial charge in [-0.25, -0.2) is 4.79 Å². The maximum absolute atomic E-state index is 11.2. The van der Waals surface area contributed by atoms with Gasteiger partial charge in [0.15, 0.2) is 0 Å². The molecule has 0 saturated heterocycles. The highest BCUT2D eigenvalue weighted by Gasteiger charge is 2.27. The first-order chi connectivity index (χ1) is 9.78. The number of hydrogen-bond acceptors (Lipinski definition) is 4. The maximum atomic E-state index is 11.2. The number of nitrogens with one attached hydrogen (secondary N) is 1. The van der Waals surface area contributed by atoms with Crippen molar-refractivity contribution in [2.24, 2.45) is 5.41 Å². The highest BCUT2D eigenvalue weighted by Crippen LogP contribution is 2.36. The molecule has 1 aliphatic carbocycles. The molecular formula is C15H20N2O4. The van der Waals surface area contributed by atoms with Gasteiger partial charge in [0.2, 0.25) is 0 Å². The molecule has 6 heteroatoms. The Hall–Kier alpha value is -2.11. The van der Waals surface area contributed by atoms with Gasteiger partial charge in [-0.3, -0.25) is 10.1 Å². The van der Waals surface area contributed by atoms with E-state index in [0.29, 0.717) is 11.1 Å². The van der Waals surface area contributed by atoms with E-state index in [9.17, 15) is 20.0 Å². The van der Waals surface area contributed by atoms with Crippen LogP contribution in [0.1, 0.15) is 49.9 Å². The number of nitrogens with zero attached hydrogens (tertiary/aromatic N) is 1. The van der Waals surface area contributed by atoms with Crippen molar-refractivity contribution in [2.45, 2.75) is 45.6 Å². The molecule has 0 amide bonds. The van der Waals surface area contributed by atoms with Gasteiger partial charge in [0, 0.05) is 18.2 Å². The SMILES string of the molecule is CC1(C)CCC(Nc2cc([N+](=O)[O-])ccc2C(=O)O)CC1. The van der Waals surface area contributed by atoms with Gasteiger partial charge in [-0.15, -0.1) is 0 Å². The van der Waals surface area contributed by atoms with Gasteiger partial charge in [0.25, 0.3) is 5.69 Å². The Bertz CT molecular complexity index is 559. The molecule has 0 spiro atoms. The molecule has 2 rings (SSSR count). The highest BCUT2D eigenvalue weighted by molar-refractivity contribution is 5.94. The van der Waals surface area contributed by atoms with E-state index in [1.165, 1.54) is 18.2 Å².